The third-order valence-electron chi connectivity index (χ3n) is 4.13. The predicted octanol–water partition coefficient (Wildman–Crippen LogP) is 5.34. The lowest BCUT2D eigenvalue weighted by Gasteiger charge is -2.18. The number of carbonyl (C=O) groups is 1. The van der Waals surface area contributed by atoms with Crippen molar-refractivity contribution in [1.29, 1.82) is 0 Å². The minimum Gasteiger partial charge on any atom is -0.304 e. The van der Waals surface area contributed by atoms with Crippen molar-refractivity contribution in [2.45, 2.75) is 20.3 Å². The van der Waals surface area contributed by atoms with E-state index in [1.54, 1.807) is 0 Å². The lowest BCUT2D eigenvalue weighted by Crippen LogP contribution is -2.25. The van der Waals surface area contributed by atoms with Crippen LogP contribution in [0.3, 0.4) is 0 Å². The third-order valence-corrected chi connectivity index (χ3v) is 4.38. The molecule has 24 heavy (non-hydrogen) atoms. The molecule has 2 nitrogen and oxygen atoms in total. The Kier molecular flexibility index (Phi) is 7.23. The molecule has 0 aliphatic heterocycles. The van der Waals surface area contributed by atoms with E-state index in [0.29, 0.717) is 5.02 Å². The quantitative estimate of drug-likeness (QED) is 0.477. The lowest BCUT2D eigenvalue weighted by atomic mass is 9.98. The Labute approximate surface area is 149 Å². The molecule has 0 unspecified atom stereocenters. The van der Waals surface area contributed by atoms with Crippen molar-refractivity contribution in [1.82, 2.24) is 4.90 Å². The molecule has 2 aromatic rings. The summed E-state index contributed by atoms with van der Waals surface area (Å²) < 4.78 is 0. The van der Waals surface area contributed by atoms with Gasteiger partial charge in [0.25, 0.3) is 0 Å². The second-order valence-electron chi connectivity index (χ2n) is 5.69. The van der Waals surface area contributed by atoms with Crippen molar-refractivity contribution in [2.75, 3.05) is 19.6 Å². The summed E-state index contributed by atoms with van der Waals surface area (Å²) in [6.07, 6.45) is 2.72. The molecule has 0 bridgehead atoms. The fourth-order valence-corrected chi connectivity index (χ4v) is 2.73. The molecule has 0 N–H and O–H groups in total. The summed E-state index contributed by atoms with van der Waals surface area (Å²) in [5.41, 5.74) is 2.56. The Hall–Kier alpha value is -1.90. The standard InChI is InChI=1S/C21H24ClNO/c1-3-23(4-2)15-14-19(16-17-10-12-20(22)13-11-17)21(24)18-8-6-5-7-9-18/h5-13,16H,3-4,14-15H2,1-2H3/b19-16+. The number of hydrogen-bond acceptors (Lipinski definition) is 2. The summed E-state index contributed by atoms with van der Waals surface area (Å²) in [5.74, 6) is 0.0951. The van der Waals surface area contributed by atoms with Gasteiger partial charge in [-0.05, 0) is 43.3 Å². The molecule has 126 valence electrons. The Morgan fingerprint density at radius 3 is 2.21 bits per heavy atom. The fraction of sp³-hybridized carbons (Fsp3) is 0.286. The summed E-state index contributed by atoms with van der Waals surface area (Å²) in [6.45, 7) is 7.15. The Balaban J connectivity index is 2.26. The van der Waals surface area contributed by atoms with Crippen LogP contribution < -0.4 is 0 Å². The smallest absolute Gasteiger partial charge is 0.189 e. The molecule has 0 radical (unpaired) electrons. The normalized spacial score (nSPS) is 11.8. The molecular formula is C21H24ClNO. The van der Waals surface area contributed by atoms with Gasteiger partial charge in [-0.3, -0.25) is 4.79 Å². The summed E-state index contributed by atoms with van der Waals surface area (Å²) in [5, 5.41) is 0.700. The third kappa shape index (κ3) is 5.33. The van der Waals surface area contributed by atoms with E-state index in [1.807, 2.05) is 60.7 Å². The number of rotatable bonds is 8. The lowest BCUT2D eigenvalue weighted by molar-refractivity contribution is 0.102. The summed E-state index contributed by atoms with van der Waals surface area (Å²) in [7, 11) is 0. The van der Waals surface area contributed by atoms with E-state index in [2.05, 4.69) is 18.7 Å². The van der Waals surface area contributed by atoms with Crippen LogP contribution in [0, 0.1) is 0 Å². The van der Waals surface area contributed by atoms with Gasteiger partial charge >= 0.3 is 0 Å². The maximum atomic E-state index is 12.9. The van der Waals surface area contributed by atoms with Crippen molar-refractivity contribution in [3.63, 3.8) is 0 Å². The molecular weight excluding hydrogens is 318 g/mol. The molecule has 0 aromatic heterocycles. The monoisotopic (exact) mass is 341 g/mol. The highest BCUT2D eigenvalue weighted by Crippen LogP contribution is 2.18. The SMILES string of the molecule is CCN(CC)CC/C(=C\c1ccc(Cl)cc1)C(=O)c1ccccc1. The van der Waals surface area contributed by atoms with Crippen LogP contribution in [-0.4, -0.2) is 30.3 Å². The number of carbonyl (C=O) groups excluding carboxylic acids is 1. The first kappa shape index (κ1) is 18.4. The van der Waals surface area contributed by atoms with E-state index >= 15 is 0 Å². The van der Waals surface area contributed by atoms with Gasteiger partial charge in [-0.2, -0.15) is 0 Å². The van der Waals surface area contributed by atoms with Crippen LogP contribution in [0.1, 0.15) is 36.2 Å². The zero-order valence-electron chi connectivity index (χ0n) is 14.3. The van der Waals surface area contributed by atoms with Crippen molar-refractivity contribution in [3.05, 3.63) is 76.3 Å². The number of ketones is 1. The van der Waals surface area contributed by atoms with E-state index in [1.165, 1.54) is 0 Å². The van der Waals surface area contributed by atoms with Gasteiger partial charge in [-0.15, -0.1) is 0 Å². The van der Waals surface area contributed by atoms with Crippen molar-refractivity contribution in [3.8, 4) is 0 Å². The number of Topliss-reactive ketones (excluding diaryl/α,β-unsaturated/α-hetero) is 1. The zero-order chi connectivity index (χ0) is 17.4. The number of nitrogens with zero attached hydrogens (tertiary/aromatic N) is 1. The summed E-state index contributed by atoms with van der Waals surface area (Å²) in [4.78, 5) is 15.2. The molecule has 2 rings (SSSR count). The Morgan fingerprint density at radius 1 is 1.00 bits per heavy atom. The van der Waals surface area contributed by atoms with E-state index in [0.717, 1.165) is 42.8 Å². The molecule has 0 atom stereocenters. The van der Waals surface area contributed by atoms with Crippen molar-refractivity contribution in [2.24, 2.45) is 0 Å². The highest BCUT2D eigenvalue weighted by atomic mass is 35.5. The van der Waals surface area contributed by atoms with Crippen molar-refractivity contribution < 1.29 is 4.79 Å². The van der Waals surface area contributed by atoms with Gasteiger partial charge in [-0.1, -0.05) is 67.9 Å². The highest BCUT2D eigenvalue weighted by Gasteiger charge is 2.13. The van der Waals surface area contributed by atoms with Gasteiger partial charge in [0.2, 0.25) is 0 Å². The molecule has 0 aliphatic carbocycles. The topological polar surface area (TPSA) is 20.3 Å². The first-order chi connectivity index (χ1) is 11.6. The van der Waals surface area contributed by atoms with Crippen LogP contribution in [0.25, 0.3) is 6.08 Å². The van der Waals surface area contributed by atoms with Crippen LogP contribution in [0.15, 0.2) is 60.2 Å². The number of halogens is 1. The fourth-order valence-electron chi connectivity index (χ4n) is 2.60. The molecule has 0 saturated carbocycles. The van der Waals surface area contributed by atoms with Crippen LogP contribution >= 0.6 is 11.6 Å². The molecule has 2 aromatic carbocycles. The minimum atomic E-state index is 0.0951. The minimum absolute atomic E-state index is 0.0951. The number of hydrogen-bond donors (Lipinski definition) is 0. The maximum Gasteiger partial charge on any atom is 0.189 e. The van der Waals surface area contributed by atoms with Crippen molar-refractivity contribution >= 4 is 23.5 Å². The Morgan fingerprint density at radius 2 is 1.62 bits per heavy atom. The average molecular weight is 342 g/mol. The van der Waals surface area contributed by atoms with E-state index in [4.69, 9.17) is 11.6 Å². The van der Waals surface area contributed by atoms with E-state index in [-0.39, 0.29) is 5.78 Å². The molecule has 0 saturated heterocycles. The van der Waals surface area contributed by atoms with Crippen LogP contribution in [0.2, 0.25) is 5.02 Å². The van der Waals surface area contributed by atoms with E-state index < -0.39 is 0 Å². The molecule has 0 fully saturated rings. The molecule has 3 heteroatoms. The van der Waals surface area contributed by atoms with Gasteiger partial charge in [-0.25, -0.2) is 0 Å². The van der Waals surface area contributed by atoms with Crippen LogP contribution in [0.4, 0.5) is 0 Å². The number of benzene rings is 2. The average Bonchev–Trinajstić information content (AvgIpc) is 2.63. The first-order valence-electron chi connectivity index (χ1n) is 8.42. The van der Waals surface area contributed by atoms with Gasteiger partial charge in [0.1, 0.15) is 0 Å². The van der Waals surface area contributed by atoms with Gasteiger partial charge in [0.05, 0.1) is 0 Å². The largest absolute Gasteiger partial charge is 0.304 e. The Bertz CT molecular complexity index is 673. The molecule has 0 spiro atoms. The molecule has 0 amide bonds. The predicted molar refractivity (Wildman–Crippen MR) is 103 cm³/mol. The van der Waals surface area contributed by atoms with Gasteiger partial charge in [0.15, 0.2) is 5.78 Å². The van der Waals surface area contributed by atoms with Gasteiger partial charge < -0.3 is 4.90 Å². The summed E-state index contributed by atoms with van der Waals surface area (Å²) >= 11 is 5.95. The first-order valence-corrected chi connectivity index (χ1v) is 8.80. The van der Waals surface area contributed by atoms with E-state index in [9.17, 15) is 4.79 Å². The molecule has 0 heterocycles. The maximum absolute atomic E-state index is 12.9. The van der Waals surface area contributed by atoms with Gasteiger partial charge in [0, 0.05) is 22.7 Å². The van der Waals surface area contributed by atoms with Crippen LogP contribution in [-0.2, 0) is 0 Å². The second kappa shape index (κ2) is 9.41. The zero-order valence-corrected chi connectivity index (χ0v) is 15.1. The van der Waals surface area contributed by atoms with Crippen LogP contribution in [0.5, 0.6) is 0 Å². The molecule has 0 aliphatic rings. The highest BCUT2D eigenvalue weighted by molar-refractivity contribution is 6.30. The summed E-state index contributed by atoms with van der Waals surface area (Å²) in [6, 6.07) is 17.1. The second-order valence-corrected chi connectivity index (χ2v) is 6.13.